The van der Waals surface area contributed by atoms with Crippen LogP contribution in [-0.2, 0) is 14.9 Å². The Kier molecular flexibility index (Phi) is 9.55. The summed E-state index contributed by atoms with van der Waals surface area (Å²) in [5.74, 6) is -2.45. The summed E-state index contributed by atoms with van der Waals surface area (Å²) in [7, 11) is 0. The van der Waals surface area contributed by atoms with Crippen molar-refractivity contribution in [1.29, 1.82) is 0 Å². The number of hydrogen-bond donors (Lipinski definition) is 0. The van der Waals surface area contributed by atoms with Crippen molar-refractivity contribution < 1.29 is 27.1 Å². The zero-order valence-electron chi connectivity index (χ0n) is 22.0. The lowest BCUT2D eigenvalue weighted by atomic mass is 9.68. The van der Waals surface area contributed by atoms with Crippen LogP contribution >= 0.6 is 50.7 Å². The highest BCUT2D eigenvalue weighted by atomic mass is 79.9. The third-order valence-corrected chi connectivity index (χ3v) is 10.1. The summed E-state index contributed by atoms with van der Waals surface area (Å²) in [6.07, 6.45) is -1.45. The topological polar surface area (TPSA) is 38.7 Å². The van der Waals surface area contributed by atoms with Gasteiger partial charge >= 0.3 is 12.1 Å². The molecule has 2 aromatic carbocycles. The second kappa shape index (κ2) is 12.1. The number of aliphatic imine (C=N–C) groups is 1. The Balaban J connectivity index is 1.80. The maximum absolute atomic E-state index is 15.2. The molecular weight excluding hydrogens is 657 g/mol. The Bertz CT molecular complexity index is 1280. The highest BCUT2D eigenvalue weighted by molar-refractivity contribution is 9.10. The average molecular weight is 686 g/mol. The zero-order chi connectivity index (χ0) is 29.6. The van der Waals surface area contributed by atoms with Crippen molar-refractivity contribution in [3.63, 3.8) is 0 Å². The van der Waals surface area contributed by atoms with E-state index in [0.29, 0.717) is 11.8 Å². The number of ether oxygens (including phenoxy) is 1. The van der Waals surface area contributed by atoms with E-state index in [9.17, 15) is 9.18 Å². The molecule has 0 N–H and O–H groups in total. The fourth-order valence-corrected chi connectivity index (χ4v) is 7.23. The summed E-state index contributed by atoms with van der Waals surface area (Å²) < 4.78 is 65.5. The van der Waals surface area contributed by atoms with Crippen molar-refractivity contribution in [2.24, 2.45) is 34.6 Å². The second-order valence-electron chi connectivity index (χ2n) is 11.2. The number of alkyl halides is 3. The molecule has 4 rings (SSSR count). The summed E-state index contributed by atoms with van der Waals surface area (Å²) in [5.41, 5.74) is -3.10. The zero-order valence-corrected chi connectivity index (χ0v) is 25.9. The van der Waals surface area contributed by atoms with Gasteiger partial charge in [0.1, 0.15) is 17.2 Å². The van der Waals surface area contributed by atoms with Gasteiger partial charge in [-0.05, 0) is 87.8 Å². The molecule has 0 amide bonds. The van der Waals surface area contributed by atoms with Crippen LogP contribution in [0.25, 0.3) is 0 Å². The molecule has 11 heteroatoms. The van der Waals surface area contributed by atoms with Gasteiger partial charge in [-0.15, -0.1) is 0 Å². The molecule has 0 aromatic heterocycles. The number of hydrogen-bond acceptors (Lipinski definition) is 3. The molecule has 1 unspecified atom stereocenters. The van der Waals surface area contributed by atoms with Gasteiger partial charge in [-0.2, -0.15) is 13.2 Å². The Labute approximate surface area is 254 Å². The van der Waals surface area contributed by atoms with Crippen LogP contribution < -0.4 is 0 Å². The maximum atomic E-state index is 15.2. The van der Waals surface area contributed by atoms with Crippen LogP contribution in [-0.4, -0.2) is 25.0 Å². The summed E-state index contributed by atoms with van der Waals surface area (Å²) in [4.78, 5) is 18.1. The minimum Gasteiger partial charge on any atom is -0.465 e. The second-order valence-corrected chi connectivity index (χ2v) is 13.3. The van der Waals surface area contributed by atoms with Crippen molar-refractivity contribution in [2.45, 2.75) is 57.7 Å². The molecule has 218 valence electrons. The summed E-state index contributed by atoms with van der Waals surface area (Å²) in [6.45, 7) is 6.33. The number of esters is 1. The van der Waals surface area contributed by atoms with Gasteiger partial charge in [0.25, 0.3) is 0 Å². The van der Waals surface area contributed by atoms with Gasteiger partial charge in [-0.25, -0.2) is 4.39 Å². The van der Waals surface area contributed by atoms with E-state index in [4.69, 9.17) is 39.5 Å². The number of carbonyl (C=O) groups excluding carboxylic acids is 1. The van der Waals surface area contributed by atoms with Gasteiger partial charge in [0, 0.05) is 6.21 Å². The highest BCUT2D eigenvalue weighted by Crippen LogP contribution is 2.56. The van der Waals surface area contributed by atoms with E-state index in [1.807, 2.05) is 0 Å². The first-order chi connectivity index (χ1) is 18.7. The van der Waals surface area contributed by atoms with Gasteiger partial charge < -0.3 is 4.74 Å². The van der Waals surface area contributed by atoms with Crippen molar-refractivity contribution in [3.8, 4) is 0 Å². The Hall–Kier alpha value is -1.35. The standard InChI is InChI=1S/C29H29BrCl3F4NO2/c1-14(2)19-6-4-15(3)8-17(19)12-40-27(39)24-26(16-5-7-23(34)20(30)9-16)38-13-28(24,29(35,36)37)18-10-21(31)25(33)22(32)11-18/h5,7,9-11,13-15,17,19,24,26H,4,6,8,12H2,1-3H3/t15-,17?,19+,24+,26-,28+/m1/s1. The van der Waals surface area contributed by atoms with E-state index < -0.39 is 35.3 Å². The summed E-state index contributed by atoms with van der Waals surface area (Å²) >= 11 is 21.4. The molecule has 1 heterocycles. The smallest absolute Gasteiger partial charge is 0.404 e. The number of rotatable bonds is 6. The van der Waals surface area contributed by atoms with Crippen LogP contribution in [0.2, 0.25) is 15.1 Å². The van der Waals surface area contributed by atoms with E-state index in [1.165, 1.54) is 12.1 Å². The van der Waals surface area contributed by atoms with Crippen LogP contribution in [0.15, 0.2) is 39.8 Å². The van der Waals surface area contributed by atoms with E-state index in [0.717, 1.165) is 43.7 Å². The maximum Gasteiger partial charge on any atom is 0.404 e. The molecule has 3 nitrogen and oxygen atoms in total. The van der Waals surface area contributed by atoms with Gasteiger partial charge in [0.15, 0.2) is 0 Å². The Morgan fingerprint density at radius 1 is 1.15 bits per heavy atom. The summed E-state index contributed by atoms with van der Waals surface area (Å²) in [5, 5.41) is -0.502. The lowest BCUT2D eigenvalue weighted by molar-refractivity contribution is -0.193. The molecule has 0 radical (unpaired) electrons. The molecule has 1 fully saturated rings. The molecule has 1 saturated carbocycles. The van der Waals surface area contributed by atoms with Gasteiger partial charge in [-0.3, -0.25) is 9.79 Å². The molecule has 1 aliphatic heterocycles. The van der Waals surface area contributed by atoms with Gasteiger partial charge in [0.2, 0.25) is 0 Å². The van der Waals surface area contributed by atoms with E-state index in [-0.39, 0.29) is 49.1 Å². The SMILES string of the molecule is CC(C)[C@@H]1CC[C@@H](C)CC1COC(=O)[C@@H]1[C@@H](c2ccc(F)c(Br)c2)N=C[C@@]1(c1cc(Cl)c(Cl)c(Cl)c1)C(F)(F)F. The fourth-order valence-electron chi connectivity index (χ4n) is 6.23. The third-order valence-electron chi connectivity index (χ3n) is 8.31. The molecule has 40 heavy (non-hydrogen) atoms. The summed E-state index contributed by atoms with van der Waals surface area (Å²) in [6, 6.07) is 4.53. The lowest BCUT2D eigenvalue weighted by Crippen LogP contribution is -2.52. The van der Waals surface area contributed by atoms with Crippen LogP contribution in [0.5, 0.6) is 0 Å². The fraction of sp³-hybridized carbons (Fsp3) is 0.517. The largest absolute Gasteiger partial charge is 0.465 e. The third kappa shape index (κ3) is 5.93. The van der Waals surface area contributed by atoms with Crippen molar-refractivity contribution in [1.82, 2.24) is 0 Å². The molecular formula is C29H29BrCl3F4NO2. The minimum atomic E-state index is -5.01. The molecule has 2 aromatic rings. The molecule has 6 atom stereocenters. The monoisotopic (exact) mass is 683 g/mol. The number of carbonyl (C=O) groups is 1. The van der Waals surface area contributed by atoms with Crippen LogP contribution in [0.4, 0.5) is 17.6 Å². The van der Waals surface area contributed by atoms with Crippen LogP contribution in [0.3, 0.4) is 0 Å². The van der Waals surface area contributed by atoms with E-state index in [2.05, 4.69) is 41.7 Å². The average Bonchev–Trinajstić information content (AvgIpc) is 3.29. The highest BCUT2D eigenvalue weighted by Gasteiger charge is 2.67. The first-order valence-electron chi connectivity index (χ1n) is 13.0. The number of nitrogens with zero attached hydrogens (tertiary/aromatic N) is 1. The van der Waals surface area contributed by atoms with Crippen LogP contribution in [0.1, 0.15) is 57.2 Å². The predicted molar refractivity (Wildman–Crippen MR) is 154 cm³/mol. The van der Waals surface area contributed by atoms with E-state index >= 15 is 13.2 Å². The Morgan fingerprint density at radius 3 is 2.38 bits per heavy atom. The predicted octanol–water partition coefficient (Wildman–Crippen LogP) is 10.0. The van der Waals surface area contributed by atoms with Gasteiger partial charge in [-0.1, -0.05) is 68.1 Å². The van der Waals surface area contributed by atoms with Crippen molar-refractivity contribution in [2.75, 3.05) is 6.61 Å². The van der Waals surface area contributed by atoms with Crippen molar-refractivity contribution >= 4 is 62.9 Å². The van der Waals surface area contributed by atoms with E-state index in [1.54, 1.807) is 0 Å². The lowest BCUT2D eigenvalue weighted by Gasteiger charge is -2.39. The molecule has 0 bridgehead atoms. The molecule has 1 aliphatic carbocycles. The van der Waals surface area contributed by atoms with Crippen LogP contribution in [0, 0.1) is 35.4 Å². The first-order valence-corrected chi connectivity index (χ1v) is 15.0. The van der Waals surface area contributed by atoms with Crippen molar-refractivity contribution in [3.05, 3.63) is 66.8 Å². The Morgan fingerprint density at radius 2 is 1.80 bits per heavy atom. The number of halogens is 8. The number of benzene rings is 2. The quantitative estimate of drug-likeness (QED) is 0.173. The molecule has 0 saturated heterocycles. The first kappa shape index (κ1) is 31.6. The minimum absolute atomic E-state index is 0.00157. The molecule has 0 spiro atoms. The normalized spacial score (nSPS) is 28.8. The molecule has 2 aliphatic rings. The van der Waals surface area contributed by atoms with Gasteiger partial charge in [0.05, 0.1) is 32.2 Å².